The van der Waals surface area contributed by atoms with E-state index in [0.717, 1.165) is 24.1 Å². The number of fused-ring (bicyclic) bond motifs is 2. The zero-order valence-electron chi connectivity index (χ0n) is 14.0. The average molecular weight is 385 g/mol. The molecule has 27 heavy (non-hydrogen) atoms. The van der Waals surface area contributed by atoms with Crippen molar-refractivity contribution in [2.24, 2.45) is 0 Å². The van der Waals surface area contributed by atoms with Crippen LogP contribution in [0.3, 0.4) is 0 Å². The quantitative estimate of drug-likeness (QED) is 0.727. The van der Waals surface area contributed by atoms with Gasteiger partial charge in [0.05, 0.1) is 23.1 Å². The van der Waals surface area contributed by atoms with E-state index in [1.54, 1.807) is 18.4 Å². The molecule has 2 aromatic rings. The molecule has 5 rings (SSSR count). The van der Waals surface area contributed by atoms with Crippen molar-refractivity contribution in [3.63, 3.8) is 0 Å². The monoisotopic (exact) mass is 385 g/mol. The fraction of sp³-hybridized carbons (Fsp3) is 0.235. The highest BCUT2D eigenvalue weighted by Gasteiger charge is 2.32. The molecule has 0 atom stereocenters. The van der Waals surface area contributed by atoms with Gasteiger partial charge in [-0.05, 0) is 37.1 Å². The number of anilines is 3. The predicted molar refractivity (Wildman–Crippen MR) is 96.9 cm³/mol. The molecule has 1 amide bonds. The SMILES string of the molecule is O=C1NS(=O)(=O)c2cc(Nc3nc4c(c(NC5CC5)n3)COC=C4)ccc21. The molecule has 1 aromatic heterocycles. The Hall–Kier alpha value is -3.14. The van der Waals surface area contributed by atoms with Crippen molar-refractivity contribution in [3.8, 4) is 0 Å². The smallest absolute Gasteiger partial charge is 0.266 e. The van der Waals surface area contributed by atoms with E-state index in [0.29, 0.717) is 30.1 Å². The van der Waals surface area contributed by atoms with Crippen molar-refractivity contribution in [2.75, 3.05) is 10.6 Å². The van der Waals surface area contributed by atoms with Crippen molar-refractivity contribution in [3.05, 3.63) is 41.3 Å². The molecule has 3 heterocycles. The number of rotatable bonds is 4. The molecular formula is C17H15N5O4S. The summed E-state index contributed by atoms with van der Waals surface area (Å²) in [5.74, 6) is 0.417. The summed E-state index contributed by atoms with van der Waals surface area (Å²) >= 11 is 0. The molecule has 0 unspecified atom stereocenters. The molecule has 0 bridgehead atoms. The summed E-state index contributed by atoms with van der Waals surface area (Å²) in [5, 5.41) is 6.41. The molecule has 3 aliphatic rings. The molecule has 2 aliphatic heterocycles. The van der Waals surface area contributed by atoms with E-state index in [-0.39, 0.29) is 10.5 Å². The maximum atomic E-state index is 12.0. The van der Waals surface area contributed by atoms with E-state index in [2.05, 4.69) is 20.6 Å². The van der Waals surface area contributed by atoms with Crippen molar-refractivity contribution in [1.82, 2.24) is 14.7 Å². The first-order valence-electron chi connectivity index (χ1n) is 8.43. The molecule has 138 valence electrons. The van der Waals surface area contributed by atoms with Crippen LogP contribution in [0.25, 0.3) is 6.08 Å². The van der Waals surface area contributed by atoms with Gasteiger partial charge < -0.3 is 15.4 Å². The number of ether oxygens (including phenoxy) is 1. The molecule has 9 nitrogen and oxygen atoms in total. The van der Waals surface area contributed by atoms with E-state index < -0.39 is 15.9 Å². The van der Waals surface area contributed by atoms with Gasteiger partial charge in [-0.2, -0.15) is 4.98 Å². The second-order valence-corrected chi connectivity index (χ2v) is 8.21. The van der Waals surface area contributed by atoms with Crippen LogP contribution in [0, 0.1) is 0 Å². The molecular weight excluding hydrogens is 370 g/mol. The number of sulfonamides is 1. The van der Waals surface area contributed by atoms with Crippen LogP contribution in [0.15, 0.2) is 29.4 Å². The summed E-state index contributed by atoms with van der Waals surface area (Å²) in [6, 6.07) is 4.89. The van der Waals surface area contributed by atoms with E-state index in [4.69, 9.17) is 4.74 Å². The molecule has 1 aromatic carbocycles. The molecule has 1 aliphatic carbocycles. The molecule has 3 N–H and O–H groups in total. The third-order valence-corrected chi connectivity index (χ3v) is 5.88. The predicted octanol–water partition coefficient (Wildman–Crippen LogP) is 1.73. The molecule has 10 heteroatoms. The molecule has 0 radical (unpaired) electrons. The molecule has 1 saturated carbocycles. The van der Waals surface area contributed by atoms with E-state index >= 15 is 0 Å². The highest BCUT2D eigenvalue weighted by Crippen LogP contribution is 2.31. The number of benzene rings is 1. The summed E-state index contributed by atoms with van der Waals surface area (Å²) in [6.07, 6.45) is 5.54. The number of aromatic nitrogens is 2. The Bertz CT molecular complexity index is 1110. The van der Waals surface area contributed by atoms with Gasteiger partial charge in [0, 0.05) is 11.7 Å². The number of hydrogen-bond acceptors (Lipinski definition) is 8. The lowest BCUT2D eigenvalue weighted by Crippen LogP contribution is -2.20. The van der Waals surface area contributed by atoms with Crippen molar-refractivity contribution in [2.45, 2.75) is 30.4 Å². The van der Waals surface area contributed by atoms with Gasteiger partial charge in [0.1, 0.15) is 17.3 Å². The van der Waals surface area contributed by atoms with Gasteiger partial charge in [-0.25, -0.2) is 18.1 Å². The second-order valence-electron chi connectivity index (χ2n) is 6.56. The van der Waals surface area contributed by atoms with Crippen LogP contribution in [0.2, 0.25) is 0 Å². The van der Waals surface area contributed by atoms with Gasteiger partial charge in [0.15, 0.2) is 0 Å². The molecule has 0 spiro atoms. The minimum atomic E-state index is -3.82. The van der Waals surface area contributed by atoms with Crippen LogP contribution in [0.5, 0.6) is 0 Å². The lowest BCUT2D eigenvalue weighted by atomic mass is 10.2. The molecule has 0 saturated heterocycles. The first-order valence-corrected chi connectivity index (χ1v) is 9.92. The topological polar surface area (TPSA) is 122 Å². The maximum Gasteiger partial charge on any atom is 0.266 e. The Morgan fingerprint density at radius 1 is 1.22 bits per heavy atom. The zero-order chi connectivity index (χ0) is 18.6. The fourth-order valence-electron chi connectivity index (χ4n) is 2.99. The van der Waals surface area contributed by atoms with Gasteiger partial charge in [0.2, 0.25) is 5.95 Å². The van der Waals surface area contributed by atoms with Crippen LogP contribution in [-0.4, -0.2) is 30.3 Å². The van der Waals surface area contributed by atoms with Gasteiger partial charge in [-0.3, -0.25) is 4.79 Å². The van der Waals surface area contributed by atoms with Gasteiger partial charge in [0.25, 0.3) is 15.9 Å². The number of carbonyl (C=O) groups is 1. The summed E-state index contributed by atoms with van der Waals surface area (Å²) < 4.78 is 31.4. The normalized spacial score (nSPS) is 18.9. The first-order chi connectivity index (χ1) is 13.0. The number of amides is 1. The van der Waals surface area contributed by atoms with Gasteiger partial charge in [-0.15, -0.1) is 0 Å². The Balaban J connectivity index is 1.51. The van der Waals surface area contributed by atoms with Gasteiger partial charge in [-0.1, -0.05) is 0 Å². The van der Waals surface area contributed by atoms with E-state index in [1.165, 1.54) is 12.1 Å². The minimum absolute atomic E-state index is 0.0555. The maximum absolute atomic E-state index is 12.0. The second kappa shape index (κ2) is 5.68. The van der Waals surface area contributed by atoms with Crippen LogP contribution >= 0.6 is 0 Å². The highest BCUT2D eigenvalue weighted by molar-refractivity contribution is 7.90. The summed E-state index contributed by atoms with van der Waals surface area (Å²) in [7, 11) is -3.82. The third kappa shape index (κ3) is 2.87. The third-order valence-electron chi connectivity index (χ3n) is 4.51. The minimum Gasteiger partial charge on any atom is -0.496 e. The highest BCUT2D eigenvalue weighted by atomic mass is 32.2. The van der Waals surface area contributed by atoms with Crippen molar-refractivity contribution >= 4 is 39.5 Å². The number of carbonyl (C=O) groups excluding carboxylic acids is 1. The zero-order valence-corrected chi connectivity index (χ0v) is 14.8. The Morgan fingerprint density at radius 3 is 2.89 bits per heavy atom. The number of nitrogens with one attached hydrogen (secondary N) is 3. The fourth-order valence-corrected chi connectivity index (χ4v) is 4.19. The van der Waals surface area contributed by atoms with Crippen LogP contribution in [-0.2, 0) is 21.4 Å². The Labute approximate surface area is 154 Å². The lowest BCUT2D eigenvalue weighted by Gasteiger charge is -2.17. The largest absolute Gasteiger partial charge is 0.496 e. The van der Waals surface area contributed by atoms with E-state index in [9.17, 15) is 13.2 Å². The number of nitrogens with zero attached hydrogens (tertiary/aromatic N) is 2. The van der Waals surface area contributed by atoms with Crippen LogP contribution in [0.1, 0.15) is 34.5 Å². The van der Waals surface area contributed by atoms with Crippen LogP contribution < -0.4 is 15.4 Å². The van der Waals surface area contributed by atoms with Crippen molar-refractivity contribution < 1.29 is 17.9 Å². The van der Waals surface area contributed by atoms with Crippen LogP contribution in [0.4, 0.5) is 17.5 Å². The summed E-state index contributed by atoms with van der Waals surface area (Å²) in [4.78, 5) is 20.7. The van der Waals surface area contributed by atoms with E-state index in [1.807, 2.05) is 4.72 Å². The summed E-state index contributed by atoms with van der Waals surface area (Å²) in [6.45, 7) is 0.395. The average Bonchev–Trinajstić information content (AvgIpc) is 3.41. The lowest BCUT2D eigenvalue weighted by molar-refractivity contribution is 0.0985. The molecule has 1 fully saturated rings. The standard InChI is InChI=1S/C17H15N5O4S/c23-16-11-4-3-10(7-14(11)27(24,25)22-16)19-17-20-13-5-6-26-8-12(13)15(21-17)18-9-1-2-9/h3-7,9H,1-2,8H2,(H,22,23)(H2,18,19,20,21). The van der Waals surface area contributed by atoms with Crippen molar-refractivity contribution in [1.29, 1.82) is 0 Å². The van der Waals surface area contributed by atoms with Gasteiger partial charge >= 0.3 is 0 Å². The summed E-state index contributed by atoms with van der Waals surface area (Å²) in [5.41, 5.74) is 2.24. The number of hydrogen-bond donors (Lipinski definition) is 3. The Kier molecular flexibility index (Phi) is 3.38. The Morgan fingerprint density at radius 2 is 2.07 bits per heavy atom. The first kappa shape index (κ1) is 16.1.